The molecule has 0 aromatic heterocycles. The Bertz CT molecular complexity index is 667. The number of rotatable bonds is 6. The smallest absolute Gasteiger partial charge is 0.336 e. The van der Waals surface area contributed by atoms with Crippen molar-refractivity contribution < 1.29 is 9.90 Å². The number of hydrogen-bond acceptors (Lipinski definition) is 1. The minimum absolute atomic E-state index is 0.358. The predicted octanol–water partition coefficient (Wildman–Crippen LogP) is 5.43. The first-order valence-electron chi connectivity index (χ1n) is 7.79. The number of aromatic carboxylic acids is 1. The Kier molecular flexibility index (Phi) is 5.54. The molecule has 2 aromatic carbocycles. The molecule has 2 rings (SSSR count). The van der Waals surface area contributed by atoms with E-state index in [1.165, 1.54) is 5.56 Å². The standard InChI is InChI=1S/C20H22O2/c1-3-5-7-15-8-11-17(12-9-15)19-14-16(6-4-2)10-13-18(19)20(21)22/h5,7-14H,3-4,6H2,1-2H3,(H,21,22)/b7-5+. The van der Waals surface area contributed by atoms with E-state index in [-0.39, 0.29) is 0 Å². The van der Waals surface area contributed by atoms with Crippen molar-refractivity contribution in [3.8, 4) is 11.1 Å². The van der Waals surface area contributed by atoms with E-state index in [0.717, 1.165) is 36.0 Å². The van der Waals surface area contributed by atoms with E-state index in [1.54, 1.807) is 6.07 Å². The van der Waals surface area contributed by atoms with Crippen LogP contribution < -0.4 is 0 Å². The third-order valence-electron chi connectivity index (χ3n) is 3.62. The van der Waals surface area contributed by atoms with Gasteiger partial charge < -0.3 is 5.11 Å². The minimum Gasteiger partial charge on any atom is -0.478 e. The summed E-state index contributed by atoms with van der Waals surface area (Å²) in [6, 6.07) is 13.7. The van der Waals surface area contributed by atoms with Gasteiger partial charge in [-0.3, -0.25) is 0 Å². The van der Waals surface area contributed by atoms with Crippen molar-refractivity contribution in [3.63, 3.8) is 0 Å². The number of carboxylic acid groups (broad SMARTS) is 1. The molecule has 22 heavy (non-hydrogen) atoms. The summed E-state index contributed by atoms with van der Waals surface area (Å²) < 4.78 is 0. The van der Waals surface area contributed by atoms with Gasteiger partial charge in [0.05, 0.1) is 5.56 Å². The molecular weight excluding hydrogens is 272 g/mol. The Morgan fingerprint density at radius 2 is 1.82 bits per heavy atom. The molecule has 0 amide bonds. The highest BCUT2D eigenvalue weighted by Crippen LogP contribution is 2.26. The van der Waals surface area contributed by atoms with E-state index >= 15 is 0 Å². The first-order valence-corrected chi connectivity index (χ1v) is 7.79. The maximum Gasteiger partial charge on any atom is 0.336 e. The molecule has 114 valence electrons. The fraction of sp³-hybridized carbons (Fsp3) is 0.250. The van der Waals surface area contributed by atoms with Crippen molar-refractivity contribution in [1.29, 1.82) is 0 Å². The average Bonchev–Trinajstić information content (AvgIpc) is 2.53. The Morgan fingerprint density at radius 3 is 2.41 bits per heavy atom. The number of allylic oxidation sites excluding steroid dienone is 1. The fourth-order valence-electron chi connectivity index (χ4n) is 2.49. The highest BCUT2D eigenvalue weighted by Gasteiger charge is 2.12. The third kappa shape index (κ3) is 3.85. The molecule has 0 bridgehead atoms. The van der Waals surface area contributed by atoms with Crippen molar-refractivity contribution in [3.05, 3.63) is 65.2 Å². The van der Waals surface area contributed by atoms with Crippen LogP contribution in [0.25, 0.3) is 17.2 Å². The van der Waals surface area contributed by atoms with Crippen LogP contribution >= 0.6 is 0 Å². The van der Waals surface area contributed by atoms with Crippen LogP contribution in [0.2, 0.25) is 0 Å². The van der Waals surface area contributed by atoms with Gasteiger partial charge >= 0.3 is 5.97 Å². The SMILES string of the molecule is CC/C=C/c1ccc(-c2cc(CCC)ccc2C(=O)O)cc1. The van der Waals surface area contributed by atoms with Gasteiger partial charge in [0.15, 0.2) is 0 Å². The summed E-state index contributed by atoms with van der Waals surface area (Å²) in [5, 5.41) is 9.41. The molecule has 2 heteroatoms. The van der Waals surface area contributed by atoms with Crippen molar-refractivity contribution in [1.82, 2.24) is 0 Å². The normalized spacial score (nSPS) is 11.0. The predicted molar refractivity (Wildman–Crippen MR) is 92.2 cm³/mol. The highest BCUT2D eigenvalue weighted by atomic mass is 16.4. The highest BCUT2D eigenvalue weighted by molar-refractivity contribution is 5.96. The molecule has 2 aromatic rings. The van der Waals surface area contributed by atoms with E-state index in [0.29, 0.717) is 5.56 Å². The second kappa shape index (κ2) is 7.60. The molecule has 0 aliphatic heterocycles. The molecule has 0 saturated heterocycles. The summed E-state index contributed by atoms with van der Waals surface area (Å²) in [4.78, 5) is 11.5. The maximum atomic E-state index is 11.5. The lowest BCUT2D eigenvalue weighted by Crippen LogP contribution is -2.00. The van der Waals surface area contributed by atoms with Crippen LogP contribution in [0, 0.1) is 0 Å². The molecule has 0 radical (unpaired) electrons. The van der Waals surface area contributed by atoms with Crippen LogP contribution in [0.4, 0.5) is 0 Å². The Hall–Kier alpha value is -2.35. The molecule has 0 unspecified atom stereocenters. The van der Waals surface area contributed by atoms with E-state index in [2.05, 4.69) is 26.0 Å². The van der Waals surface area contributed by atoms with Gasteiger partial charge in [0, 0.05) is 0 Å². The minimum atomic E-state index is -0.881. The number of aryl methyl sites for hydroxylation is 1. The summed E-state index contributed by atoms with van der Waals surface area (Å²) in [6.45, 7) is 4.23. The van der Waals surface area contributed by atoms with E-state index in [1.807, 2.05) is 36.4 Å². The summed E-state index contributed by atoms with van der Waals surface area (Å²) in [5.74, 6) is -0.881. The topological polar surface area (TPSA) is 37.3 Å². The van der Waals surface area contributed by atoms with Gasteiger partial charge in [-0.15, -0.1) is 0 Å². The zero-order valence-electron chi connectivity index (χ0n) is 13.2. The van der Waals surface area contributed by atoms with Crippen LogP contribution in [0.3, 0.4) is 0 Å². The molecule has 0 saturated carbocycles. The molecule has 0 heterocycles. The summed E-state index contributed by atoms with van der Waals surface area (Å²) in [5.41, 5.74) is 4.41. The lowest BCUT2D eigenvalue weighted by molar-refractivity contribution is 0.0697. The van der Waals surface area contributed by atoms with Crippen molar-refractivity contribution in [2.45, 2.75) is 33.1 Å². The monoisotopic (exact) mass is 294 g/mol. The molecular formula is C20H22O2. The van der Waals surface area contributed by atoms with Gasteiger partial charge in [-0.05, 0) is 41.2 Å². The lowest BCUT2D eigenvalue weighted by Gasteiger charge is -2.09. The van der Waals surface area contributed by atoms with Gasteiger partial charge in [0.25, 0.3) is 0 Å². The van der Waals surface area contributed by atoms with E-state index in [4.69, 9.17) is 0 Å². The Labute approximate surface area is 132 Å². The summed E-state index contributed by atoms with van der Waals surface area (Å²) >= 11 is 0. The van der Waals surface area contributed by atoms with Crippen molar-refractivity contribution in [2.24, 2.45) is 0 Å². The molecule has 0 atom stereocenters. The van der Waals surface area contributed by atoms with Crippen LogP contribution in [0.1, 0.15) is 48.2 Å². The van der Waals surface area contributed by atoms with Gasteiger partial charge in [0.2, 0.25) is 0 Å². The van der Waals surface area contributed by atoms with Crippen LogP contribution in [-0.4, -0.2) is 11.1 Å². The molecule has 0 aliphatic carbocycles. The zero-order valence-corrected chi connectivity index (χ0v) is 13.2. The zero-order chi connectivity index (χ0) is 15.9. The Balaban J connectivity index is 2.42. The molecule has 0 aliphatic rings. The number of hydrogen-bond donors (Lipinski definition) is 1. The molecule has 1 N–H and O–H groups in total. The fourth-order valence-corrected chi connectivity index (χ4v) is 2.49. The van der Waals surface area contributed by atoms with Crippen molar-refractivity contribution in [2.75, 3.05) is 0 Å². The largest absolute Gasteiger partial charge is 0.478 e. The summed E-state index contributed by atoms with van der Waals surface area (Å²) in [6.07, 6.45) is 7.20. The van der Waals surface area contributed by atoms with Gasteiger partial charge in [0.1, 0.15) is 0 Å². The summed E-state index contributed by atoms with van der Waals surface area (Å²) in [7, 11) is 0. The first kappa shape index (κ1) is 16.0. The van der Waals surface area contributed by atoms with E-state index in [9.17, 15) is 9.90 Å². The second-order valence-electron chi connectivity index (χ2n) is 5.37. The molecule has 0 fully saturated rings. The van der Waals surface area contributed by atoms with E-state index < -0.39 is 5.97 Å². The van der Waals surface area contributed by atoms with Gasteiger partial charge in [-0.2, -0.15) is 0 Å². The van der Waals surface area contributed by atoms with Crippen molar-refractivity contribution >= 4 is 12.0 Å². The number of carbonyl (C=O) groups is 1. The molecule has 0 spiro atoms. The number of carboxylic acids is 1. The Morgan fingerprint density at radius 1 is 1.09 bits per heavy atom. The van der Waals surface area contributed by atoms with Crippen LogP contribution in [0.15, 0.2) is 48.5 Å². The first-order chi connectivity index (χ1) is 10.7. The quantitative estimate of drug-likeness (QED) is 0.771. The second-order valence-corrected chi connectivity index (χ2v) is 5.37. The third-order valence-corrected chi connectivity index (χ3v) is 3.62. The molecule has 2 nitrogen and oxygen atoms in total. The van der Waals surface area contributed by atoms with Gasteiger partial charge in [-0.1, -0.05) is 68.8 Å². The van der Waals surface area contributed by atoms with Crippen LogP contribution in [0.5, 0.6) is 0 Å². The number of benzene rings is 2. The van der Waals surface area contributed by atoms with Crippen LogP contribution in [-0.2, 0) is 6.42 Å². The average molecular weight is 294 g/mol. The lowest BCUT2D eigenvalue weighted by atomic mass is 9.95. The maximum absolute atomic E-state index is 11.5. The van der Waals surface area contributed by atoms with Gasteiger partial charge in [-0.25, -0.2) is 4.79 Å².